The monoisotopic (exact) mass is 339 g/mol. The van der Waals surface area contributed by atoms with E-state index in [1.807, 2.05) is 0 Å². The summed E-state index contributed by atoms with van der Waals surface area (Å²) in [5.74, 6) is -0.131. The van der Waals surface area contributed by atoms with E-state index in [2.05, 4.69) is 36.1 Å². The molecule has 1 aromatic rings. The van der Waals surface area contributed by atoms with Crippen LogP contribution in [0.1, 0.15) is 11.1 Å². The van der Waals surface area contributed by atoms with Gasteiger partial charge in [-0.25, -0.2) is 8.42 Å². The molecule has 1 fully saturated rings. The van der Waals surface area contributed by atoms with E-state index in [4.69, 9.17) is 0 Å². The Hall–Kier alpha value is -1.44. The Morgan fingerprint density at radius 1 is 1.22 bits per heavy atom. The predicted molar refractivity (Wildman–Crippen MR) is 90.5 cm³/mol. The smallest absolute Gasteiger partial charge is 0.237 e. The highest BCUT2D eigenvalue weighted by Crippen LogP contribution is 2.11. The van der Waals surface area contributed by atoms with Crippen molar-refractivity contribution in [2.75, 3.05) is 46.0 Å². The van der Waals surface area contributed by atoms with Gasteiger partial charge in [0.1, 0.15) is 0 Å². The molecule has 6 nitrogen and oxygen atoms in total. The summed E-state index contributed by atoms with van der Waals surface area (Å²) in [4.78, 5) is 16.2. The second kappa shape index (κ2) is 7.42. The van der Waals surface area contributed by atoms with Crippen LogP contribution in [-0.2, 0) is 21.4 Å². The molecule has 0 aromatic heterocycles. The van der Waals surface area contributed by atoms with E-state index in [9.17, 15) is 13.2 Å². The third-order valence-electron chi connectivity index (χ3n) is 4.14. The third-order valence-corrected chi connectivity index (χ3v) is 5.40. The molecule has 0 spiro atoms. The number of hydrogen-bond donors (Lipinski definition) is 0. The molecule has 1 aliphatic heterocycles. The first-order valence-corrected chi connectivity index (χ1v) is 9.57. The van der Waals surface area contributed by atoms with E-state index in [0.29, 0.717) is 13.1 Å². The van der Waals surface area contributed by atoms with Gasteiger partial charge in [-0.3, -0.25) is 9.69 Å². The molecular weight excluding hydrogens is 314 g/mol. The zero-order chi connectivity index (χ0) is 17.0. The molecule has 2 rings (SSSR count). The Kier molecular flexibility index (Phi) is 5.78. The van der Waals surface area contributed by atoms with Crippen LogP contribution in [0.25, 0.3) is 0 Å². The molecule has 7 heteroatoms. The van der Waals surface area contributed by atoms with Gasteiger partial charge < -0.3 is 4.90 Å². The fraction of sp³-hybridized carbons (Fsp3) is 0.562. The second-order valence-corrected chi connectivity index (χ2v) is 8.25. The van der Waals surface area contributed by atoms with Crippen molar-refractivity contribution in [1.29, 1.82) is 0 Å². The van der Waals surface area contributed by atoms with Gasteiger partial charge in [0.15, 0.2) is 0 Å². The number of piperazine rings is 1. The van der Waals surface area contributed by atoms with Crippen LogP contribution in [0.15, 0.2) is 24.3 Å². The summed E-state index contributed by atoms with van der Waals surface area (Å²) in [6.45, 7) is 5.77. The largest absolute Gasteiger partial charge is 0.339 e. The maximum Gasteiger partial charge on any atom is 0.237 e. The summed E-state index contributed by atoms with van der Waals surface area (Å²) in [5.41, 5.74) is 2.53. The molecule has 0 atom stereocenters. The third kappa shape index (κ3) is 5.30. The van der Waals surface area contributed by atoms with Crippen LogP contribution in [0.4, 0.5) is 0 Å². The van der Waals surface area contributed by atoms with Crippen LogP contribution in [-0.4, -0.2) is 74.5 Å². The van der Waals surface area contributed by atoms with Gasteiger partial charge in [-0.05, 0) is 12.5 Å². The second-order valence-electron chi connectivity index (χ2n) is 6.17. The van der Waals surface area contributed by atoms with Crippen LogP contribution < -0.4 is 0 Å². The lowest BCUT2D eigenvalue weighted by Crippen LogP contribution is -2.50. The number of likely N-dealkylation sites (N-methyl/N-ethyl adjacent to an activating group) is 1. The molecule has 0 N–H and O–H groups in total. The van der Waals surface area contributed by atoms with Crippen molar-refractivity contribution < 1.29 is 13.2 Å². The standard InChI is InChI=1S/C16H25N3O3S/c1-14-5-4-6-15(11-14)12-18-7-9-19(10-8-18)16(20)13-17(2)23(3,21)22/h4-6,11H,7-10,12-13H2,1-3H3. The zero-order valence-electron chi connectivity index (χ0n) is 14.0. The normalized spacial score (nSPS) is 16.8. The quantitative estimate of drug-likeness (QED) is 0.785. The maximum absolute atomic E-state index is 12.2. The minimum Gasteiger partial charge on any atom is -0.339 e. The number of amides is 1. The molecular formula is C16H25N3O3S. The summed E-state index contributed by atoms with van der Waals surface area (Å²) in [6.07, 6.45) is 1.11. The van der Waals surface area contributed by atoms with Gasteiger partial charge in [0.2, 0.25) is 15.9 Å². The predicted octanol–water partition coefficient (Wildman–Crippen LogP) is 0.531. The van der Waals surface area contributed by atoms with Crippen molar-refractivity contribution in [3.63, 3.8) is 0 Å². The number of aryl methyl sites for hydroxylation is 1. The van der Waals surface area contributed by atoms with Crippen molar-refractivity contribution in [1.82, 2.24) is 14.1 Å². The first kappa shape index (κ1) is 17.9. The molecule has 1 aromatic carbocycles. The fourth-order valence-corrected chi connectivity index (χ4v) is 2.98. The Balaban J connectivity index is 1.83. The fourth-order valence-electron chi connectivity index (χ4n) is 2.63. The van der Waals surface area contributed by atoms with Gasteiger partial charge in [0.25, 0.3) is 0 Å². The van der Waals surface area contributed by atoms with Crippen LogP contribution in [0.5, 0.6) is 0 Å². The summed E-state index contributed by atoms with van der Waals surface area (Å²) >= 11 is 0. The van der Waals surface area contributed by atoms with Crippen molar-refractivity contribution in [2.24, 2.45) is 0 Å². The van der Waals surface area contributed by atoms with Gasteiger partial charge >= 0.3 is 0 Å². The van der Waals surface area contributed by atoms with Crippen molar-refractivity contribution in [2.45, 2.75) is 13.5 Å². The van der Waals surface area contributed by atoms with E-state index in [1.165, 1.54) is 18.2 Å². The molecule has 1 amide bonds. The van der Waals surface area contributed by atoms with E-state index in [1.54, 1.807) is 4.90 Å². The highest BCUT2D eigenvalue weighted by atomic mass is 32.2. The number of hydrogen-bond acceptors (Lipinski definition) is 4. The lowest BCUT2D eigenvalue weighted by molar-refractivity contribution is -0.133. The van der Waals surface area contributed by atoms with Crippen LogP contribution >= 0.6 is 0 Å². The SMILES string of the molecule is Cc1cccc(CN2CCN(C(=O)CN(C)S(C)(=O)=O)CC2)c1. The number of sulfonamides is 1. The van der Waals surface area contributed by atoms with Gasteiger partial charge in [-0.1, -0.05) is 29.8 Å². The molecule has 1 aliphatic rings. The lowest BCUT2D eigenvalue weighted by Gasteiger charge is -2.35. The molecule has 23 heavy (non-hydrogen) atoms. The summed E-state index contributed by atoms with van der Waals surface area (Å²) in [7, 11) is -1.88. The van der Waals surface area contributed by atoms with Gasteiger partial charge in [-0.15, -0.1) is 0 Å². The van der Waals surface area contributed by atoms with E-state index in [-0.39, 0.29) is 12.5 Å². The molecule has 1 saturated heterocycles. The molecule has 0 radical (unpaired) electrons. The maximum atomic E-state index is 12.2. The summed E-state index contributed by atoms with van der Waals surface area (Å²) in [6, 6.07) is 8.44. The van der Waals surface area contributed by atoms with Gasteiger partial charge in [0.05, 0.1) is 12.8 Å². The molecule has 1 heterocycles. The molecule has 0 saturated carbocycles. The van der Waals surface area contributed by atoms with Crippen molar-refractivity contribution in [3.8, 4) is 0 Å². The van der Waals surface area contributed by atoms with E-state index in [0.717, 1.165) is 30.2 Å². The average Bonchev–Trinajstić information content (AvgIpc) is 2.47. The highest BCUT2D eigenvalue weighted by molar-refractivity contribution is 7.88. The Morgan fingerprint density at radius 3 is 2.43 bits per heavy atom. The molecule has 128 valence electrons. The molecule has 0 unspecified atom stereocenters. The van der Waals surface area contributed by atoms with E-state index >= 15 is 0 Å². The Morgan fingerprint density at radius 2 is 1.87 bits per heavy atom. The highest BCUT2D eigenvalue weighted by Gasteiger charge is 2.24. The Labute approximate surface area is 138 Å². The minimum absolute atomic E-state index is 0.0866. The number of rotatable bonds is 5. The topological polar surface area (TPSA) is 60.9 Å². The first-order chi connectivity index (χ1) is 10.8. The van der Waals surface area contributed by atoms with Crippen LogP contribution in [0.3, 0.4) is 0 Å². The minimum atomic E-state index is -3.32. The van der Waals surface area contributed by atoms with E-state index < -0.39 is 10.0 Å². The van der Waals surface area contributed by atoms with Crippen LogP contribution in [0, 0.1) is 6.92 Å². The summed E-state index contributed by atoms with van der Waals surface area (Å²) in [5, 5.41) is 0. The molecule has 0 bridgehead atoms. The van der Waals surface area contributed by atoms with Gasteiger partial charge in [0, 0.05) is 39.8 Å². The Bertz CT molecular complexity index is 652. The number of nitrogens with zero attached hydrogens (tertiary/aromatic N) is 3. The molecule has 0 aliphatic carbocycles. The summed E-state index contributed by atoms with van der Waals surface area (Å²) < 4.78 is 23.9. The first-order valence-electron chi connectivity index (χ1n) is 7.72. The number of carbonyl (C=O) groups is 1. The van der Waals surface area contributed by atoms with Crippen LogP contribution in [0.2, 0.25) is 0 Å². The zero-order valence-corrected chi connectivity index (χ0v) is 14.8. The lowest BCUT2D eigenvalue weighted by atomic mass is 10.1. The average molecular weight is 339 g/mol. The van der Waals surface area contributed by atoms with Gasteiger partial charge in [-0.2, -0.15) is 4.31 Å². The number of carbonyl (C=O) groups excluding carboxylic acids is 1. The van der Waals surface area contributed by atoms with Crippen molar-refractivity contribution >= 4 is 15.9 Å². The number of benzene rings is 1. The van der Waals surface area contributed by atoms with Crippen molar-refractivity contribution in [3.05, 3.63) is 35.4 Å².